The summed E-state index contributed by atoms with van der Waals surface area (Å²) in [4.78, 5) is 33.2. The summed E-state index contributed by atoms with van der Waals surface area (Å²) in [5.74, 6) is -2.54. The summed E-state index contributed by atoms with van der Waals surface area (Å²) in [6.07, 6.45) is -0.450. The van der Waals surface area contributed by atoms with E-state index in [2.05, 4.69) is 5.32 Å². The van der Waals surface area contributed by atoms with Crippen LogP contribution in [0.15, 0.2) is 18.2 Å². The summed E-state index contributed by atoms with van der Waals surface area (Å²) in [5.41, 5.74) is 0.265. The molecular formula is C13H15NO6. The molecule has 0 aliphatic carbocycles. The Labute approximate surface area is 115 Å². The van der Waals surface area contributed by atoms with Crippen LogP contribution in [0.3, 0.4) is 0 Å². The van der Waals surface area contributed by atoms with Crippen LogP contribution >= 0.6 is 0 Å². The van der Waals surface area contributed by atoms with Crippen molar-refractivity contribution in [2.75, 3.05) is 11.9 Å². The lowest BCUT2D eigenvalue weighted by Gasteiger charge is -2.08. The number of phenolic OH excluding ortho intramolecular Hbond substituents is 1. The Morgan fingerprint density at radius 3 is 2.50 bits per heavy atom. The first-order valence-corrected chi connectivity index (χ1v) is 5.95. The van der Waals surface area contributed by atoms with Crippen molar-refractivity contribution >= 4 is 23.5 Å². The third-order valence-electron chi connectivity index (χ3n) is 2.34. The lowest BCUT2D eigenvalue weighted by molar-refractivity contribution is -0.138. The molecule has 1 amide bonds. The molecule has 0 saturated carbocycles. The largest absolute Gasteiger partial charge is 0.507 e. The highest BCUT2D eigenvalue weighted by atomic mass is 16.5. The van der Waals surface area contributed by atoms with E-state index >= 15 is 0 Å². The number of ether oxygens (including phenoxy) is 1. The van der Waals surface area contributed by atoms with Gasteiger partial charge >= 0.3 is 11.9 Å². The monoisotopic (exact) mass is 281 g/mol. The van der Waals surface area contributed by atoms with Crippen molar-refractivity contribution in [1.82, 2.24) is 0 Å². The van der Waals surface area contributed by atoms with E-state index < -0.39 is 17.8 Å². The van der Waals surface area contributed by atoms with Crippen molar-refractivity contribution in [3.8, 4) is 5.75 Å². The molecule has 0 aliphatic heterocycles. The smallest absolute Gasteiger partial charge is 0.341 e. The maximum absolute atomic E-state index is 11.4. The van der Waals surface area contributed by atoms with Gasteiger partial charge in [-0.3, -0.25) is 9.59 Å². The lowest BCUT2D eigenvalue weighted by Crippen LogP contribution is -2.13. The molecule has 108 valence electrons. The van der Waals surface area contributed by atoms with E-state index in [4.69, 9.17) is 9.84 Å². The van der Waals surface area contributed by atoms with Crippen molar-refractivity contribution in [3.63, 3.8) is 0 Å². The number of rotatable bonds is 6. The SMILES string of the molecule is CCOC(=O)c1ccc(NC(=O)CCC(=O)O)cc1O. The van der Waals surface area contributed by atoms with Crippen LogP contribution in [-0.2, 0) is 14.3 Å². The van der Waals surface area contributed by atoms with Crippen LogP contribution in [0.4, 0.5) is 5.69 Å². The minimum atomic E-state index is -1.07. The molecule has 0 unspecified atom stereocenters. The minimum Gasteiger partial charge on any atom is -0.507 e. The van der Waals surface area contributed by atoms with E-state index in [1.54, 1.807) is 6.92 Å². The number of aliphatic carboxylic acids is 1. The number of benzene rings is 1. The van der Waals surface area contributed by atoms with Crippen molar-refractivity contribution in [2.45, 2.75) is 19.8 Å². The third kappa shape index (κ3) is 4.60. The van der Waals surface area contributed by atoms with E-state index in [0.29, 0.717) is 0 Å². The van der Waals surface area contributed by atoms with E-state index in [0.717, 1.165) is 0 Å². The second-order valence-electron chi connectivity index (χ2n) is 3.89. The van der Waals surface area contributed by atoms with Gasteiger partial charge in [0.15, 0.2) is 0 Å². The standard InChI is InChI=1S/C13H15NO6/c1-2-20-13(19)9-4-3-8(7-10(9)15)14-11(16)5-6-12(17)18/h3-4,7,15H,2,5-6H2,1H3,(H,14,16)(H,17,18). The predicted molar refractivity (Wildman–Crippen MR) is 69.6 cm³/mol. The molecule has 0 spiro atoms. The Hall–Kier alpha value is -2.57. The number of carbonyl (C=O) groups excluding carboxylic acids is 2. The first-order valence-electron chi connectivity index (χ1n) is 5.95. The number of aromatic hydroxyl groups is 1. The molecule has 3 N–H and O–H groups in total. The first-order chi connectivity index (χ1) is 9.43. The van der Waals surface area contributed by atoms with E-state index in [1.165, 1.54) is 18.2 Å². The maximum Gasteiger partial charge on any atom is 0.341 e. The topological polar surface area (TPSA) is 113 Å². The maximum atomic E-state index is 11.4. The zero-order chi connectivity index (χ0) is 15.1. The molecule has 0 saturated heterocycles. The number of phenols is 1. The fraction of sp³-hybridized carbons (Fsp3) is 0.308. The highest BCUT2D eigenvalue weighted by Crippen LogP contribution is 2.23. The second-order valence-corrected chi connectivity index (χ2v) is 3.89. The first kappa shape index (κ1) is 15.5. The summed E-state index contributed by atoms with van der Waals surface area (Å²) >= 11 is 0. The zero-order valence-electron chi connectivity index (χ0n) is 10.9. The van der Waals surface area contributed by atoms with Gasteiger partial charge in [-0.1, -0.05) is 0 Å². The van der Waals surface area contributed by atoms with Gasteiger partial charge in [0.25, 0.3) is 0 Å². The van der Waals surface area contributed by atoms with Gasteiger partial charge in [0.05, 0.1) is 13.0 Å². The fourth-order valence-corrected chi connectivity index (χ4v) is 1.43. The Morgan fingerprint density at radius 2 is 1.95 bits per heavy atom. The normalized spacial score (nSPS) is 9.85. The van der Waals surface area contributed by atoms with Gasteiger partial charge in [-0.25, -0.2) is 4.79 Å². The van der Waals surface area contributed by atoms with Crippen LogP contribution in [0.5, 0.6) is 5.75 Å². The zero-order valence-corrected chi connectivity index (χ0v) is 10.9. The quantitative estimate of drug-likeness (QED) is 0.679. The molecule has 0 heterocycles. The molecule has 20 heavy (non-hydrogen) atoms. The Balaban J connectivity index is 2.70. The average Bonchev–Trinajstić information content (AvgIpc) is 2.36. The summed E-state index contributed by atoms with van der Waals surface area (Å²) in [5, 5.41) is 20.5. The average molecular weight is 281 g/mol. The number of hydrogen-bond donors (Lipinski definition) is 3. The van der Waals surface area contributed by atoms with Crippen LogP contribution < -0.4 is 5.32 Å². The van der Waals surface area contributed by atoms with E-state index in [1.807, 2.05) is 0 Å². The Kier molecular flexibility index (Phi) is 5.52. The van der Waals surface area contributed by atoms with Crippen molar-refractivity contribution in [3.05, 3.63) is 23.8 Å². The second kappa shape index (κ2) is 7.13. The number of carbonyl (C=O) groups is 3. The summed E-state index contributed by atoms with van der Waals surface area (Å²) in [6, 6.07) is 3.94. The Bertz CT molecular complexity index is 526. The molecule has 0 aromatic heterocycles. The van der Waals surface area contributed by atoms with Gasteiger partial charge < -0.3 is 20.3 Å². The number of nitrogens with one attached hydrogen (secondary N) is 1. The number of carboxylic acid groups (broad SMARTS) is 1. The number of carboxylic acids is 1. The third-order valence-corrected chi connectivity index (χ3v) is 2.34. The fourth-order valence-electron chi connectivity index (χ4n) is 1.43. The number of hydrogen-bond acceptors (Lipinski definition) is 5. The van der Waals surface area contributed by atoms with Crippen LogP contribution in [0.2, 0.25) is 0 Å². The van der Waals surface area contributed by atoms with Gasteiger partial charge in [0.1, 0.15) is 11.3 Å². The molecule has 7 heteroatoms. The molecule has 0 atom stereocenters. The van der Waals surface area contributed by atoms with Gasteiger partial charge in [-0.05, 0) is 19.1 Å². The number of esters is 1. The molecule has 1 aromatic carbocycles. The van der Waals surface area contributed by atoms with Gasteiger partial charge in [0.2, 0.25) is 5.91 Å². The molecule has 1 aromatic rings. The molecule has 0 fully saturated rings. The van der Waals surface area contributed by atoms with Gasteiger partial charge in [-0.2, -0.15) is 0 Å². The van der Waals surface area contributed by atoms with Crippen LogP contribution in [0, 0.1) is 0 Å². The molecular weight excluding hydrogens is 266 g/mol. The predicted octanol–water partition coefficient (Wildman–Crippen LogP) is 1.37. The van der Waals surface area contributed by atoms with Crippen LogP contribution in [0.25, 0.3) is 0 Å². The highest BCUT2D eigenvalue weighted by Gasteiger charge is 2.13. The number of anilines is 1. The minimum absolute atomic E-state index is 0.00427. The van der Waals surface area contributed by atoms with Crippen LogP contribution in [0.1, 0.15) is 30.1 Å². The molecule has 0 bridgehead atoms. The highest BCUT2D eigenvalue weighted by molar-refractivity contribution is 5.95. The van der Waals surface area contributed by atoms with Gasteiger partial charge in [-0.15, -0.1) is 0 Å². The van der Waals surface area contributed by atoms with Gasteiger partial charge in [0, 0.05) is 18.2 Å². The summed E-state index contributed by atoms with van der Waals surface area (Å²) < 4.78 is 4.74. The van der Waals surface area contributed by atoms with Crippen LogP contribution in [-0.4, -0.2) is 34.7 Å². The molecule has 7 nitrogen and oxygen atoms in total. The lowest BCUT2D eigenvalue weighted by atomic mass is 10.1. The number of amides is 1. The summed E-state index contributed by atoms with van der Waals surface area (Å²) in [7, 11) is 0. The molecule has 0 aliphatic rings. The van der Waals surface area contributed by atoms with E-state index in [9.17, 15) is 19.5 Å². The Morgan fingerprint density at radius 1 is 1.25 bits per heavy atom. The molecule has 0 radical (unpaired) electrons. The molecule has 1 rings (SSSR count). The van der Waals surface area contributed by atoms with Crippen molar-refractivity contribution in [2.24, 2.45) is 0 Å². The summed E-state index contributed by atoms with van der Waals surface area (Å²) in [6.45, 7) is 1.83. The van der Waals surface area contributed by atoms with Crippen molar-refractivity contribution in [1.29, 1.82) is 0 Å². The van der Waals surface area contributed by atoms with E-state index in [-0.39, 0.29) is 36.4 Å². The van der Waals surface area contributed by atoms with Crippen molar-refractivity contribution < 1.29 is 29.3 Å².